The molecule has 2 rings (SSSR count). The quantitative estimate of drug-likeness (QED) is 0.609. The van der Waals surface area contributed by atoms with Crippen molar-refractivity contribution in [3.05, 3.63) is 40.7 Å². The first-order valence-electron chi connectivity index (χ1n) is 4.86. The third-order valence-electron chi connectivity index (χ3n) is 2.02. The Kier molecular flexibility index (Phi) is 3.24. The maximum Gasteiger partial charge on any atom is 0.386 e. The van der Waals surface area contributed by atoms with E-state index in [2.05, 4.69) is 20.4 Å². The van der Waals surface area contributed by atoms with Gasteiger partial charge in [-0.3, -0.25) is 0 Å². The van der Waals surface area contributed by atoms with Crippen LogP contribution in [0.2, 0.25) is 0 Å². The van der Waals surface area contributed by atoms with Crippen LogP contribution in [-0.4, -0.2) is 26.6 Å². The Hall–Kier alpha value is -2.51. The van der Waals surface area contributed by atoms with E-state index in [1.807, 2.05) is 0 Å². The summed E-state index contributed by atoms with van der Waals surface area (Å²) < 4.78 is 4.80. The zero-order valence-corrected chi connectivity index (χ0v) is 8.74. The number of pyridine rings is 1. The molecule has 17 heavy (non-hydrogen) atoms. The number of rotatable bonds is 5. The van der Waals surface area contributed by atoms with Crippen LogP contribution >= 0.6 is 0 Å². The third kappa shape index (κ3) is 2.74. The number of nitrogens with zero attached hydrogens (tertiary/aromatic N) is 4. The molecule has 0 saturated heterocycles. The highest BCUT2D eigenvalue weighted by Gasteiger charge is 2.13. The summed E-state index contributed by atoms with van der Waals surface area (Å²) in [6, 6.07) is 3.22. The number of nitrogens with one attached hydrogen (secondary N) is 1. The zero-order chi connectivity index (χ0) is 12.1. The average Bonchev–Trinajstić information content (AvgIpc) is 2.82. The molecule has 0 unspecified atom stereocenters. The normalized spacial score (nSPS) is 10.1. The van der Waals surface area contributed by atoms with Crippen molar-refractivity contribution in [3.8, 4) is 0 Å². The summed E-state index contributed by atoms with van der Waals surface area (Å²) in [7, 11) is 0. The van der Waals surface area contributed by atoms with Crippen LogP contribution in [0, 0.1) is 10.1 Å². The van der Waals surface area contributed by atoms with Crippen LogP contribution in [0.25, 0.3) is 0 Å². The van der Waals surface area contributed by atoms with Crippen molar-refractivity contribution in [2.45, 2.75) is 6.42 Å². The minimum atomic E-state index is -0.533. The minimum absolute atomic E-state index is 0.196. The van der Waals surface area contributed by atoms with E-state index in [0.29, 0.717) is 24.5 Å². The van der Waals surface area contributed by atoms with Crippen LogP contribution in [0.3, 0.4) is 0 Å². The summed E-state index contributed by atoms with van der Waals surface area (Å²) in [5.41, 5.74) is 0.372. The second kappa shape index (κ2) is 5.01. The van der Waals surface area contributed by atoms with E-state index in [1.165, 1.54) is 12.5 Å². The second-order valence-corrected chi connectivity index (χ2v) is 3.14. The Morgan fingerprint density at radius 2 is 2.35 bits per heavy atom. The summed E-state index contributed by atoms with van der Waals surface area (Å²) in [6.45, 7) is 0.453. The molecular weight excluding hydrogens is 226 g/mol. The summed E-state index contributed by atoms with van der Waals surface area (Å²) >= 11 is 0. The Bertz CT molecular complexity index is 499. The van der Waals surface area contributed by atoms with E-state index in [4.69, 9.17) is 4.52 Å². The van der Waals surface area contributed by atoms with Gasteiger partial charge in [0.1, 0.15) is 11.9 Å². The molecule has 0 aliphatic heterocycles. The van der Waals surface area contributed by atoms with Crippen molar-refractivity contribution in [3.63, 3.8) is 0 Å². The van der Waals surface area contributed by atoms with Crippen LogP contribution in [0.4, 0.5) is 11.5 Å². The van der Waals surface area contributed by atoms with Crippen molar-refractivity contribution < 1.29 is 9.45 Å². The van der Waals surface area contributed by atoms with E-state index in [-0.39, 0.29) is 5.82 Å². The first-order valence-corrected chi connectivity index (χ1v) is 4.86. The van der Waals surface area contributed by atoms with Gasteiger partial charge in [0.25, 0.3) is 0 Å². The van der Waals surface area contributed by atoms with Crippen LogP contribution in [-0.2, 0) is 6.42 Å². The molecular formula is C9H9N5O3. The zero-order valence-electron chi connectivity index (χ0n) is 8.74. The van der Waals surface area contributed by atoms with E-state index in [0.717, 1.165) is 0 Å². The van der Waals surface area contributed by atoms with Crippen LogP contribution in [0.5, 0.6) is 0 Å². The molecule has 8 nitrogen and oxygen atoms in total. The summed E-state index contributed by atoms with van der Waals surface area (Å²) in [5, 5.41) is 17.0. The lowest BCUT2D eigenvalue weighted by molar-refractivity contribution is -0.388. The lowest BCUT2D eigenvalue weighted by atomic mass is 10.3. The Morgan fingerprint density at radius 1 is 1.47 bits per heavy atom. The molecule has 88 valence electrons. The number of aromatic nitrogens is 3. The molecule has 0 saturated carbocycles. The number of nitro groups is 1. The maximum absolute atomic E-state index is 10.7. The highest BCUT2D eigenvalue weighted by molar-refractivity contribution is 5.56. The topological polar surface area (TPSA) is 107 Å². The molecule has 0 radical (unpaired) electrons. The summed E-state index contributed by atoms with van der Waals surface area (Å²) in [5.74, 6) is 0.280. The SMILES string of the molecule is O=[N+]([O-])c1ncccc1NCCc1ncno1. The molecule has 0 fully saturated rings. The fourth-order valence-corrected chi connectivity index (χ4v) is 1.29. The van der Waals surface area contributed by atoms with E-state index in [9.17, 15) is 10.1 Å². The highest BCUT2D eigenvalue weighted by atomic mass is 16.6. The van der Waals surface area contributed by atoms with Crippen molar-refractivity contribution in [1.29, 1.82) is 0 Å². The maximum atomic E-state index is 10.7. The monoisotopic (exact) mass is 235 g/mol. The first-order chi connectivity index (χ1) is 8.27. The predicted octanol–water partition coefficient (Wildman–Crippen LogP) is 1.03. The number of anilines is 1. The van der Waals surface area contributed by atoms with E-state index in [1.54, 1.807) is 12.1 Å². The molecule has 2 aromatic heterocycles. The fourth-order valence-electron chi connectivity index (χ4n) is 1.29. The van der Waals surface area contributed by atoms with Gasteiger partial charge >= 0.3 is 5.82 Å². The van der Waals surface area contributed by atoms with Crippen LogP contribution in [0.15, 0.2) is 29.2 Å². The summed E-state index contributed by atoms with van der Waals surface area (Å²) in [4.78, 5) is 17.7. The Balaban J connectivity index is 1.97. The number of hydrogen-bond acceptors (Lipinski definition) is 7. The lowest BCUT2D eigenvalue weighted by Gasteiger charge is -2.04. The van der Waals surface area contributed by atoms with Crippen molar-refractivity contribution in [1.82, 2.24) is 15.1 Å². The molecule has 0 aliphatic carbocycles. The van der Waals surface area contributed by atoms with Gasteiger partial charge in [-0.05, 0) is 22.0 Å². The van der Waals surface area contributed by atoms with Crippen LogP contribution < -0.4 is 5.32 Å². The molecule has 8 heteroatoms. The van der Waals surface area contributed by atoms with Crippen molar-refractivity contribution in [2.24, 2.45) is 0 Å². The smallest absolute Gasteiger partial charge is 0.378 e. The Morgan fingerprint density at radius 3 is 3.06 bits per heavy atom. The van der Waals surface area contributed by atoms with Gasteiger partial charge in [0.15, 0.2) is 6.33 Å². The third-order valence-corrected chi connectivity index (χ3v) is 2.02. The van der Waals surface area contributed by atoms with Crippen molar-refractivity contribution in [2.75, 3.05) is 11.9 Å². The first kappa shape index (κ1) is 11.0. The van der Waals surface area contributed by atoms with Gasteiger partial charge in [0.2, 0.25) is 5.89 Å². The Labute approximate surface area is 95.8 Å². The van der Waals surface area contributed by atoms with Gasteiger partial charge in [0.05, 0.1) is 0 Å². The molecule has 2 heterocycles. The second-order valence-electron chi connectivity index (χ2n) is 3.14. The molecule has 0 amide bonds. The molecule has 0 spiro atoms. The van der Waals surface area contributed by atoms with Gasteiger partial charge in [-0.15, -0.1) is 0 Å². The largest absolute Gasteiger partial charge is 0.386 e. The van der Waals surface area contributed by atoms with Gasteiger partial charge in [-0.25, -0.2) is 0 Å². The molecule has 2 aromatic rings. The van der Waals surface area contributed by atoms with Gasteiger partial charge < -0.3 is 20.0 Å². The predicted molar refractivity (Wildman–Crippen MR) is 57.4 cm³/mol. The molecule has 0 aromatic carbocycles. The molecule has 0 aliphatic rings. The lowest BCUT2D eigenvalue weighted by Crippen LogP contribution is -2.07. The van der Waals surface area contributed by atoms with E-state index < -0.39 is 4.92 Å². The minimum Gasteiger partial charge on any atom is -0.378 e. The van der Waals surface area contributed by atoms with Crippen molar-refractivity contribution >= 4 is 11.5 Å². The van der Waals surface area contributed by atoms with Gasteiger partial charge in [0, 0.05) is 13.0 Å². The highest BCUT2D eigenvalue weighted by Crippen LogP contribution is 2.19. The summed E-state index contributed by atoms with van der Waals surface area (Å²) in [6.07, 6.45) is 3.18. The van der Waals surface area contributed by atoms with Gasteiger partial charge in [-0.1, -0.05) is 5.16 Å². The molecule has 0 bridgehead atoms. The standard InChI is InChI=1S/C9H9N5O3/c15-14(16)9-7(2-1-4-11-9)10-5-3-8-12-6-13-17-8/h1-2,4,6,10H,3,5H2. The molecule has 1 N–H and O–H groups in total. The van der Waals surface area contributed by atoms with Crippen LogP contribution in [0.1, 0.15) is 5.89 Å². The average molecular weight is 235 g/mol. The number of hydrogen-bond donors (Lipinski definition) is 1. The van der Waals surface area contributed by atoms with Gasteiger partial charge in [-0.2, -0.15) is 4.98 Å². The van der Waals surface area contributed by atoms with E-state index >= 15 is 0 Å². The molecule has 0 atom stereocenters. The fraction of sp³-hybridized carbons (Fsp3) is 0.222.